The first-order chi connectivity index (χ1) is 25.3. The molecule has 0 unspecified atom stereocenters. The van der Waals surface area contributed by atoms with Gasteiger partial charge in [-0.1, -0.05) is 105 Å². The van der Waals surface area contributed by atoms with Gasteiger partial charge in [0.2, 0.25) is 0 Å². The Morgan fingerprint density at radius 3 is 1.33 bits per heavy atom. The normalized spacial score (nSPS) is 17.5. The van der Waals surface area contributed by atoms with E-state index in [-0.39, 0.29) is 6.71 Å². The second-order valence-corrected chi connectivity index (χ2v) is 15.2. The van der Waals surface area contributed by atoms with Crippen molar-refractivity contribution in [3.63, 3.8) is 0 Å². The standard InChI is InChI=1S/C46H41BN2O2/c1-5-16-30(17-6-1)34-24-13-26-36-41-45(50-43(34)36)47-40-38(48(41)32-20-9-3-10-21-32)28-15-29-39(40)49(33-22-11-4-12-23-33)42-37-27-14-25-35(44(37)51-46(42)47)31-18-7-2-8-19-31/h3-4,9-15,20-31H,1-2,5-8,16-19H2. The number of benzene rings is 5. The van der Waals surface area contributed by atoms with Crippen LogP contribution in [0, 0.1) is 0 Å². The number of rotatable bonds is 4. The summed E-state index contributed by atoms with van der Waals surface area (Å²) in [5, 5.41) is 2.39. The average Bonchev–Trinajstić information content (AvgIpc) is 3.78. The summed E-state index contributed by atoms with van der Waals surface area (Å²) in [6, 6.07) is 42.3. The molecule has 2 saturated carbocycles. The van der Waals surface area contributed by atoms with Crippen LogP contribution in [0.5, 0.6) is 0 Å². The minimum absolute atomic E-state index is 0.181. The van der Waals surface area contributed by atoms with Crippen molar-refractivity contribution in [2.24, 2.45) is 0 Å². The highest BCUT2D eigenvalue weighted by molar-refractivity contribution is 6.99. The van der Waals surface area contributed by atoms with Crippen molar-refractivity contribution >= 4 is 79.6 Å². The Bertz CT molecular complexity index is 2250. The third kappa shape index (κ3) is 4.40. The highest BCUT2D eigenvalue weighted by Gasteiger charge is 2.50. The van der Waals surface area contributed by atoms with Gasteiger partial charge < -0.3 is 18.6 Å². The fraction of sp³-hybridized carbons (Fsp3) is 0.261. The predicted octanol–water partition coefficient (Wildman–Crippen LogP) is 11.4. The van der Waals surface area contributed by atoms with E-state index in [1.165, 1.54) is 103 Å². The van der Waals surface area contributed by atoms with Crippen molar-refractivity contribution in [3.05, 3.63) is 126 Å². The summed E-state index contributed by atoms with van der Waals surface area (Å²) in [4.78, 5) is 4.93. The van der Waals surface area contributed by atoms with Gasteiger partial charge in [-0.25, -0.2) is 0 Å². The molecule has 2 aliphatic heterocycles. The zero-order chi connectivity index (χ0) is 33.5. The van der Waals surface area contributed by atoms with E-state index >= 15 is 0 Å². The van der Waals surface area contributed by atoms with Crippen LogP contribution in [0.25, 0.3) is 21.9 Å². The van der Waals surface area contributed by atoms with E-state index in [0.717, 1.165) is 45.2 Å². The molecule has 0 saturated heterocycles. The zero-order valence-electron chi connectivity index (χ0n) is 29.0. The molecule has 51 heavy (non-hydrogen) atoms. The molecule has 5 heteroatoms. The Morgan fingerprint density at radius 1 is 0.451 bits per heavy atom. The molecule has 250 valence electrons. The van der Waals surface area contributed by atoms with Gasteiger partial charge in [-0.3, -0.25) is 0 Å². The quantitative estimate of drug-likeness (QED) is 0.175. The van der Waals surface area contributed by atoms with Gasteiger partial charge in [-0.05, 0) is 103 Å². The lowest BCUT2D eigenvalue weighted by molar-refractivity contribution is 0.442. The van der Waals surface area contributed by atoms with Gasteiger partial charge in [-0.2, -0.15) is 0 Å². The fourth-order valence-corrected chi connectivity index (χ4v) is 10.2. The average molecular weight is 665 g/mol. The Kier molecular flexibility index (Phi) is 6.78. The number of nitrogens with zero attached hydrogens (tertiary/aromatic N) is 2. The first-order valence-electron chi connectivity index (χ1n) is 19.3. The number of hydrogen-bond acceptors (Lipinski definition) is 4. The molecule has 2 aliphatic carbocycles. The van der Waals surface area contributed by atoms with E-state index in [9.17, 15) is 0 Å². The predicted molar refractivity (Wildman–Crippen MR) is 212 cm³/mol. The number of para-hydroxylation sites is 4. The fourth-order valence-electron chi connectivity index (χ4n) is 10.2. The largest absolute Gasteiger partial charge is 0.468 e. The smallest absolute Gasteiger partial charge is 0.342 e. The summed E-state index contributed by atoms with van der Waals surface area (Å²) >= 11 is 0. The maximum Gasteiger partial charge on any atom is 0.342 e. The van der Waals surface area contributed by atoms with Crippen LogP contribution >= 0.6 is 0 Å². The second-order valence-electron chi connectivity index (χ2n) is 15.2. The SMILES string of the molecule is c1ccc(N2c3cccc4c3B(c3oc5c(C6CCCCC6)cccc5c32)c2oc3c(C5CCCCC5)cccc3c2N4c2ccccc2)cc1. The van der Waals surface area contributed by atoms with Crippen molar-refractivity contribution in [2.75, 3.05) is 9.80 Å². The molecule has 4 aliphatic rings. The molecule has 4 heterocycles. The van der Waals surface area contributed by atoms with Crippen molar-refractivity contribution in [1.29, 1.82) is 0 Å². The third-order valence-corrected chi connectivity index (χ3v) is 12.4. The molecule has 0 N–H and O–H groups in total. The minimum atomic E-state index is -0.181. The molecule has 7 aromatic rings. The van der Waals surface area contributed by atoms with Crippen LogP contribution in [0.3, 0.4) is 0 Å². The number of anilines is 6. The Balaban J connectivity index is 1.24. The number of hydrogen-bond donors (Lipinski definition) is 0. The van der Waals surface area contributed by atoms with E-state index in [0.29, 0.717) is 11.8 Å². The molecule has 4 nitrogen and oxygen atoms in total. The van der Waals surface area contributed by atoms with Gasteiger partial charge >= 0.3 is 6.71 Å². The van der Waals surface area contributed by atoms with Crippen LogP contribution < -0.4 is 26.6 Å². The van der Waals surface area contributed by atoms with Crippen molar-refractivity contribution in [3.8, 4) is 0 Å². The van der Waals surface area contributed by atoms with Crippen LogP contribution in [-0.4, -0.2) is 6.71 Å². The van der Waals surface area contributed by atoms with Gasteiger partial charge in [0, 0.05) is 33.5 Å². The highest BCUT2D eigenvalue weighted by Crippen LogP contribution is 2.50. The van der Waals surface area contributed by atoms with Gasteiger partial charge in [0.05, 0.1) is 11.4 Å². The molecule has 2 fully saturated rings. The summed E-state index contributed by atoms with van der Waals surface area (Å²) in [5.41, 5.74) is 15.0. The van der Waals surface area contributed by atoms with Gasteiger partial charge in [0.1, 0.15) is 22.5 Å². The van der Waals surface area contributed by atoms with E-state index < -0.39 is 0 Å². The van der Waals surface area contributed by atoms with Crippen molar-refractivity contribution in [1.82, 2.24) is 0 Å². The van der Waals surface area contributed by atoms with Crippen LogP contribution in [0.15, 0.2) is 124 Å². The molecular formula is C46H41BN2O2. The molecule has 5 aromatic carbocycles. The first kappa shape index (κ1) is 29.6. The van der Waals surface area contributed by atoms with Crippen molar-refractivity contribution in [2.45, 2.75) is 76.0 Å². The molecule has 0 atom stereocenters. The van der Waals surface area contributed by atoms with Crippen LogP contribution in [0.2, 0.25) is 0 Å². The maximum atomic E-state index is 7.40. The number of furan rings is 2. The lowest BCUT2D eigenvalue weighted by Crippen LogP contribution is -2.60. The van der Waals surface area contributed by atoms with Gasteiger partial charge in [0.25, 0.3) is 0 Å². The summed E-state index contributed by atoms with van der Waals surface area (Å²) in [7, 11) is 0. The summed E-state index contributed by atoms with van der Waals surface area (Å²) in [6.45, 7) is -0.181. The van der Waals surface area contributed by atoms with Gasteiger partial charge in [0.15, 0.2) is 0 Å². The molecule has 2 aromatic heterocycles. The highest BCUT2D eigenvalue weighted by atomic mass is 16.3. The van der Waals surface area contributed by atoms with Gasteiger partial charge in [-0.15, -0.1) is 0 Å². The topological polar surface area (TPSA) is 32.8 Å². The van der Waals surface area contributed by atoms with Crippen LogP contribution in [0.4, 0.5) is 34.1 Å². The molecule has 11 rings (SSSR count). The Labute approximate surface area is 299 Å². The van der Waals surface area contributed by atoms with E-state index in [2.05, 4.69) is 125 Å². The first-order valence-corrected chi connectivity index (χ1v) is 19.3. The maximum absolute atomic E-state index is 7.40. The van der Waals surface area contributed by atoms with E-state index in [4.69, 9.17) is 8.83 Å². The van der Waals surface area contributed by atoms with E-state index in [1.807, 2.05) is 0 Å². The number of fused-ring (bicyclic) bond motifs is 8. The molecule has 0 amide bonds. The summed E-state index contributed by atoms with van der Waals surface area (Å²) in [6.07, 6.45) is 12.7. The lowest BCUT2D eigenvalue weighted by Gasteiger charge is -2.40. The van der Waals surface area contributed by atoms with E-state index in [1.54, 1.807) is 0 Å². The lowest BCUT2D eigenvalue weighted by atomic mass is 9.37. The molecule has 0 radical (unpaired) electrons. The van der Waals surface area contributed by atoms with Crippen LogP contribution in [0.1, 0.15) is 87.2 Å². The summed E-state index contributed by atoms with van der Waals surface area (Å²) < 4.78 is 14.8. The molecular weight excluding hydrogens is 623 g/mol. The molecule has 0 bridgehead atoms. The minimum Gasteiger partial charge on any atom is -0.468 e. The van der Waals surface area contributed by atoms with Crippen LogP contribution in [-0.2, 0) is 0 Å². The monoisotopic (exact) mass is 664 g/mol. The summed E-state index contributed by atoms with van der Waals surface area (Å²) in [5.74, 6) is 1.05. The molecule has 0 spiro atoms. The third-order valence-electron chi connectivity index (χ3n) is 12.4. The second kappa shape index (κ2) is 11.7. The zero-order valence-corrected chi connectivity index (χ0v) is 29.0. The Hall–Kier alpha value is -5.16. The van der Waals surface area contributed by atoms with Crippen molar-refractivity contribution < 1.29 is 8.83 Å². The Morgan fingerprint density at radius 2 is 0.882 bits per heavy atom.